The average Bonchev–Trinajstić information content (AvgIpc) is 2.46. The highest BCUT2D eigenvalue weighted by Crippen LogP contribution is 2.32. The third-order valence-electron chi connectivity index (χ3n) is 3.95. The van der Waals surface area contributed by atoms with E-state index in [9.17, 15) is 0 Å². The van der Waals surface area contributed by atoms with Gasteiger partial charge in [-0.2, -0.15) is 0 Å². The highest BCUT2D eigenvalue weighted by molar-refractivity contribution is 5.69. The minimum Gasteiger partial charge on any atom is -0.344 e. The van der Waals surface area contributed by atoms with E-state index < -0.39 is 0 Å². The summed E-state index contributed by atoms with van der Waals surface area (Å²) in [5, 5.41) is 3.44. The third-order valence-corrected chi connectivity index (χ3v) is 3.95. The Kier molecular flexibility index (Phi) is 3.26. The molecule has 98 valence electrons. The Morgan fingerprint density at radius 2 is 1.79 bits per heavy atom. The van der Waals surface area contributed by atoms with Crippen molar-refractivity contribution in [3.05, 3.63) is 59.2 Å². The van der Waals surface area contributed by atoms with E-state index in [1.165, 1.54) is 28.1 Å². The molecule has 0 bridgehead atoms. The fourth-order valence-electron chi connectivity index (χ4n) is 2.90. The number of nitrogens with zero attached hydrogens (tertiary/aromatic N) is 1. The van der Waals surface area contributed by atoms with Gasteiger partial charge < -0.3 is 10.2 Å². The molecule has 2 aromatic carbocycles. The summed E-state index contributed by atoms with van der Waals surface area (Å²) in [5.41, 5.74) is 6.87. The van der Waals surface area contributed by atoms with Crippen LogP contribution in [0.15, 0.2) is 42.5 Å². The SMILES string of the molecule is Cc1ccccc1N(C)c1cccc2c1CCNC2. The van der Waals surface area contributed by atoms with Crippen molar-refractivity contribution in [1.82, 2.24) is 5.32 Å². The Hall–Kier alpha value is -1.80. The van der Waals surface area contributed by atoms with Gasteiger partial charge in [-0.05, 0) is 48.7 Å². The molecule has 0 spiro atoms. The van der Waals surface area contributed by atoms with Crippen molar-refractivity contribution in [3.63, 3.8) is 0 Å². The first-order valence-corrected chi connectivity index (χ1v) is 6.88. The molecule has 1 aliphatic heterocycles. The number of benzene rings is 2. The summed E-state index contributed by atoms with van der Waals surface area (Å²) in [4.78, 5) is 2.32. The van der Waals surface area contributed by atoms with Gasteiger partial charge >= 0.3 is 0 Å². The number of nitrogens with one attached hydrogen (secondary N) is 1. The number of para-hydroxylation sites is 1. The topological polar surface area (TPSA) is 15.3 Å². The van der Waals surface area contributed by atoms with E-state index in [1.807, 2.05) is 0 Å². The molecule has 1 aliphatic rings. The summed E-state index contributed by atoms with van der Waals surface area (Å²) < 4.78 is 0. The Balaban J connectivity index is 2.05. The number of rotatable bonds is 2. The van der Waals surface area contributed by atoms with Crippen molar-refractivity contribution in [2.75, 3.05) is 18.5 Å². The number of aryl methyl sites for hydroxylation is 1. The van der Waals surface area contributed by atoms with Gasteiger partial charge in [0.15, 0.2) is 0 Å². The van der Waals surface area contributed by atoms with E-state index in [0.717, 1.165) is 19.5 Å². The van der Waals surface area contributed by atoms with Gasteiger partial charge in [0, 0.05) is 25.0 Å². The third kappa shape index (κ3) is 2.24. The van der Waals surface area contributed by atoms with E-state index in [4.69, 9.17) is 0 Å². The van der Waals surface area contributed by atoms with Crippen LogP contribution in [0.2, 0.25) is 0 Å². The van der Waals surface area contributed by atoms with Crippen LogP contribution in [-0.2, 0) is 13.0 Å². The minimum atomic E-state index is 0.991. The van der Waals surface area contributed by atoms with Gasteiger partial charge in [0.05, 0.1) is 0 Å². The monoisotopic (exact) mass is 252 g/mol. The van der Waals surface area contributed by atoms with E-state index in [1.54, 1.807) is 0 Å². The van der Waals surface area contributed by atoms with E-state index in [-0.39, 0.29) is 0 Å². The van der Waals surface area contributed by atoms with Crippen LogP contribution in [0.5, 0.6) is 0 Å². The Bertz CT molecular complexity index is 590. The number of hydrogen-bond donors (Lipinski definition) is 1. The lowest BCUT2D eigenvalue weighted by Gasteiger charge is -2.28. The molecular weight excluding hydrogens is 232 g/mol. The van der Waals surface area contributed by atoms with Crippen LogP contribution >= 0.6 is 0 Å². The standard InChI is InChI=1S/C17H20N2/c1-13-6-3-4-8-16(13)19(2)17-9-5-7-14-12-18-11-10-15(14)17/h3-9,18H,10-12H2,1-2H3. The molecule has 0 saturated heterocycles. The molecule has 19 heavy (non-hydrogen) atoms. The highest BCUT2D eigenvalue weighted by atomic mass is 15.1. The van der Waals surface area contributed by atoms with Gasteiger partial charge in [0.2, 0.25) is 0 Å². The summed E-state index contributed by atoms with van der Waals surface area (Å²) in [6.45, 7) is 4.24. The minimum absolute atomic E-state index is 0.991. The molecule has 0 saturated carbocycles. The molecule has 2 heteroatoms. The molecule has 0 aliphatic carbocycles. The lowest BCUT2D eigenvalue weighted by atomic mass is 9.98. The molecule has 0 unspecified atom stereocenters. The van der Waals surface area contributed by atoms with Crippen molar-refractivity contribution >= 4 is 11.4 Å². The molecule has 0 aromatic heterocycles. The number of hydrogen-bond acceptors (Lipinski definition) is 2. The normalized spacial score (nSPS) is 14.0. The zero-order chi connectivity index (χ0) is 13.2. The van der Waals surface area contributed by atoms with Crippen molar-refractivity contribution in [1.29, 1.82) is 0 Å². The van der Waals surface area contributed by atoms with Gasteiger partial charge in [-0.1, -0.05) is 30.3 Å². The molecule has 1 N–H and O–H groups in total. The first-order valence-electron chi connectivity index (χ1n) is 6.88. The summed E-state index contributed by atoms with van der Waals surface area (Å²) >= 11 is 0. The van der Waals surface area contributed by atoms with Crippen molar-refractivity contribution < 1.29 is 0 Å². The van der Waals surface area contributed by atoms with Crippen LogP contribution in [-0.4, -0.2) is 13.6 Å². The fraction of sp³-hybridized carbons (Fsp3) is 0.294. The fourth-order valence-corrected chi connectivity index (χ4v) is 2.90. The predicted molar refractivity (Wildman–Crippen MR) is 81.1 cm³/mol. The van der Waals surface area contributed by atoms with Gasteiger partial charge in [0.25, 0.3) is 0 Å². The Labute approximate surface area is 115 Å². The van der Waals surface area contributed by atoms with Gasteiger partial charge in [-0.25, -0.2) is 0 Å². The molecule has 0 atom stereocenters. The lowest BCUT2D eigenvalue weighted by molar-refractivity contribution is 0.643. The maximum Gasteiger partial charge on any atom is 0.0444 e. The molecule has 0 amide bonds. The molecule has 2 aromatic rings. The van der Waals surface area contributed by atoms with Crippen LogP contribution in [0, 0.1) is 6.92 Å². The van der Waals surface area contributed by atoms with Crippen LogP contribution in [0.4, 0.5) is 11.4 Å². The van der Waals surface area contributed by atoms with E-state index in [0.29, 0.717) is 0 Å². The Morgan fingerprint density at radius 3 is 2.63 bits per heavy atom. The predicted octanol–water partition coefficient (Wildman–Crippen LogP) is 3.41. The zero-order valence-corrected chi connectivity index (χ0v) is 11.6. The summed E-state index contributed by atoms with van der Waals surface area (Å²) in [6, 6.07) is 15.2. The molecule has 2 nitrogen and oxygen atoms in total. The first-order chi connectivity index (χ1) is 9.27. The summed E-state index contributed by atoms with van der Waals surface area (Å²) in [6.07, 6.45) is 1.11. The maximum absolute atomic E-state index is 3.44. The van der Waals surface area contributed by atoms with Gasteiger partial charge in [-0.3, -0.25) is 0 Å². The summed E-state index contributed by atoms with van der Waals surface area (Å²) in [5.74, 6) is 0. The number of anilines is 2. The second-order valence-electron chi connectivity index (χ2n) is 5.19. The summed E-state index contributed by atoms with van der Waals surface area (Å²) in [7, 11) is 2.17. The quantitative estimate of drug-likeness (QED) is 0.881. The maximum atomic E-state index is 3.44. The van der Waals surface area contributed by atoms with Crippen molar-refractivity contribution in [3.8, 4) is 0 Å². The average molecular weight is 252 g/mol. The van der Waals surface area contributed by atoms with Gasteiger partial charge in [0.1, 0.15) is 0 Å². The molecule has 1 heterocycles. The largest absolute Gasteiger partial charge is 0.344 e. The number of fused-ring (bicyclic) bond motifs is 1. The second kappa shape index (κ2) is 5.06. The van der Waals surface area contributed by atoms with Crippen molar-refractivity contribution in [2.45, 2.75) is 19.9 Å². The van der Waals surface area contributed by atoms with Crippen LogP contribution in [0.3, 0.4) is 0 Å². The smallest absolute Gasteiger partial charge is 0.0444 e. The van der Waals surface area contributed by atoms with Gasteiger partial charge in [-0.15, -0.1) is 0 Å². The van der Waals surface area contributed by atoms with Crippen LogP contribution < -0.4 is 10.2 Å². The molecular formula is C17H20N2. The zero-order valence-electron chi connectivity index (χ0n) is 11.6. The van der Waals surface area contributed by atoms with E-state index in [2.05, 4.69) is 66.7 Å². The molecule has 3 rings (SSSR count). The van der Waals surface area contributed by atoms with Crippen LogP contribution in [0.1, 0.15) is 16.7 Å². The first kappa shape index (κ1) is 12.2. The van der Waals surface area contributed by atoms with Crippen LogP contribution in [0.25, 0.3) is 0 Å². The molecule has 0 fully saturated rings. The highest BCUT2D eigenvalue weighted by Gasteiger charge is 2.16. The molecule has 0 radical (unpaired) electrons. The Morgan fingerprint density at radius 1 is 1.00 bits per heavy atom. The van der Waals surface area contributed by atoms with Crippen molar-refractivity contribution in [2.24, 2.45) is 0 Å². The lowest BCUT2D eigenvalue weighted by Crippen LogP contribution is -2.25. The second-order valence-corrected chi connectivity index (χ2v) is 5.19. The van der Waals surface area contributed by atoms with E-state index >= 15 is 0 Å².